The summed E-state index contributed by atoms with van der Waals surface area (Å²) in [6.45, 7) is 0.0786. The molecule has 0 amide bonds. The summed E-state index contributed by atoms with van der Waals surface area (Å²) in [7, 11) is 1.58. The fraction of sp³-hybridized carbons (Fsp3) is 0.250. The predicted octanol–water partition coefficient (Wildman–Crippen LogP) is 4.80. The lowest BCUT2D eigenvalue weighted by atomic mass is 10.0. The van der Waals surface area contributed by atoms with Gasteiger partial charge in [-0.15, -0.1) is 11.3 Å². The molecule has 0 fully saturated rings. The zero-order valence-electron chi connectivity index (χ0n) is 17.9. The molecule has 2 aromatic heterocycles. The van der Waals surface area contributed by atoms with Crippen molar-refractivity contribution in [1.29, 1.82) is 0 Å². The van der Waals surface area contributed by atoms with E-state index in [1.165, 1.54) is 23.1 Å². The number of fused-ring (bicyclic) bond motifs is 3. The molecule has 5 rings (SSSR count). The van der Waals surface area contributed by atoms with Crippen LogP contribution in [0.5, 0.6) is 11.5 Å². The molecule has 4 aromatic rings. The molecule has 9 heteroatoms. The predicted molar refractivity (Wildman–Crippen MR) is 125 cm³/mol. The summed E-state index contributed by atoms with van der Waals surface area (Å²) in [5.41, 5.74) is 2.81. The number of hydrogen-bond acceptors (Lipinski definition) is 7. The third-order valence-corrected chi connectivity index (χ3v) is 6.91. The van der Waals surface area contributed by atoms with Gasteiger partial charge in [0.15, 0.2) is 4.96 Å². The van der Waals surface area contributed by atoms with E-state index in [-0.39, 0.29) is 17.9 Å². The Morgan fingerprint density at radius 3 is 2.67 bits per heavy atom. The maximum atomic E-state index is 12.8. The number of non-ortho nitro benzene ring substituents is 1. The van der Waals surface area contributed by atoms with Gasteiger partial charge < -0.3 is 9.47 Å². The number of aryl methyl sites for hydroxylation is 2. The fourth-order valence-corrected chi connectivity index (χ4v) is 5.35. The summed E-state index contributed by atoms with van der Waals surface area (Å²) in [4.78, 5) is 30.3. The molecule has 8 nitrogen and oxygen atoms in total. The second kappa shape index (κ2) is 8.67. The van der Waals surface area contributed by atoms with E-state index in [1.54, 1.807) is 41.0 Å². The molecule has 0 atom stereocenters. The van der Waals surface area contributed by atoms with Crippen molar-refractivity contribution in [3.63, 3.8) is 0 Å². The van der Waals surface area contributed by atoms with Gasteiger partial charge >= 0.3 is 0 Å². The lowest BCUT2D eigenvalue weighted by Crippen LogP contribution is -2.18. The quantitative estimate of drug-likeness (QED) is 0.301. The molecular formula is C24H21N3O5S. The molecule has 0 saturated heterocycles. The van der Waals surface area contributed by atoms with Crippen LogP contribution in [0.3, 0.4) is 0 Å². The van der Waals surface area contributed by atoms with E-state index in [9.17, 15) is 14.9 Å². The van der Waals surface area contributed by atoms with Crippen LogP contribution >= 0.6 is 11.3 Å². The Balaban J connectivity index is 1.47. The van der Waals surface area contributed by atoms with Crippen LogP contribution in [0.4, 0.5) is 5.69 Å². The van der Waals surface area contributed by atoms with E-state index >= 15 is 0 Å². The van der Waals surface area contributed by atoms with Gasteiger partial charge in [0.1, 0.15) is 18.1 Å². The van der Waals surface area contributed by atoms with Crippen LogP contribution in [0.25, 0.3) is 16.1 Å². The molecule has 0 N–H and O–H groups in total. The minimum Gasteiger partial charge on any atom is -0.497 e. The van der Waals surface area contributed by atoms with Gasteiger partial charge in [-0.2, -0.15) is 0 Å². The number of benzene rings is 2. The van der Waals surface area contributed by atoms with Crippen LogP contribution in [-0.2, 0) is 19.4 Å². The topological polar surface area (TPSA) is 96.0 Å². The average Bonchev–Trinajstić information content (AvgIpc) is 3.21. The maximum absolute atomic E-state index is 12.8. The van der Waals surface area contributed by atoms with E-state index in [1.807, 2.05) is 12.1 Å². The number of ether oxygens (including phenoxy) is 2. The van der Waals surface area contributed by atoms with Crippen molar-refractivity contribution in [2.45, 2.75) is 32.3 Å². The van der Waals surface area contributed by atoms with Crippen molar-refractivity contribution in [3.05, 3.63) is 85.3 Å². The lowest BCUT2D eigenvalue weighted by molar-refractivity contribution is -0.384. The van der Waals surface area contributed by atoms with Crippen LogP contribution < -0.4 is 15.0 Å². The molecule has 168 valence electrons. The number of nitrogens with zero attached hydrogens (tertiary/aromatic N) is 3. The first-order valence-corrected chi connectivity index (χ1v) is 11.4. The summed E-state index contributed by atoms with van der Waals surface area (Å²) < 4.78 is 12.9. The van der Waals surface area contributed by atoms with Gasteiger partial charge in [0.05, 0.1) is 17.7 Å². The first-order valence-electron chi connectivity index (χ1n) is 10.6. The van der Waals surface area contributed by atoms with Crippen molar-refractivity contribution >= 4 is 22.0 Å². The van der Waals surface area contributed by atoms with Crippen molar-refractivity contribution in [3.8, 4) is 22.6 Å². The molecule has 0 unspecified atom stereocenters. The zero-order valence-corrected chi connectivity index (χ0v) is 18.8. The molecule has 0 spiro atoms. The zero-order chi connectivity index (χ0) is 22.9. The molecular weight excluding hydrogens is 442 g/mol. The molecule has 0 saturated carbocycles. The molecule has 1 aliphatic carbocycles. The molecule has 1 aliphatic rings. The molecule has 0 radical (unpaired) electrons. The van der Waals surface area contributed by atoms with Crippen molar-refractivity contribution in [2.24, 2.45) is 0 Å². The van der Waals surface area contributed by atoms with E-state index in [0.717, 1.165) is 36.9 Å². The molecule has 2 aromatic carbocycles. The highest BCUT2D eigenvalue weighted by Crippen LogP contribution is 2.35. The fourth-order valence-electron chi connectivity index (χ4n) is 4.12. The smallest absolute Gasteiger partial charge is 0.270 e. The Kier molecular flexibility index (Phi) is 5.55. The van der Waals surface area contributed by atoms with Crippen LogP contribution in [-0.4, -0.2) is 21.4 Å². The van der Waals surface area contributed by atoms with Crippen molar-refractivity contribution in [2.75, 3.05) is 7.11 Å². The highest BCUT2D eigenvalue weighted by atomic mass is 32.1. The van der Waals surface area contributed by atoms with E-state index in [0.29, 0.717) is 27.7 Å². The minimum atomic E-state index is -0.439. The van der Waals surface area contributed by atoms with Crippen LogP contribution in [0.1, 0.15) is 29.1 Å². The van der Waals surface area contributed by atoms with Crippen molar-refractivity contribution in [1.82, 2.24) is 9.38 Å². The standard InChI is InChI=1S/C24H21N3O5S/c1-31-18-9-6-15(7-10-18)19-13-17(27(29)30)8-11-21(19)32-14-16-12-23(28)26-20-4-2-3-5-22(20)33-24(26)25-16/h6-13H,2-5,14H2,1H3. The Morgan fingerprint density at radius 2 is 1.91 bits per heavy atom. The van der Waals surface area contributed by atoms with Gasteiger partial charge in [-0.3, -0.25) is 19.3 Å². The minimum absolute atomic E-state index is 0.0323. The molecule has 33 heavy (non-hydrogen) atoms. The van der Waals surface area contributed by atoms with E-state index < -0.39 is 4.92 Å². The summed E-state index contributed by atoms with van der Waals surface area (Å²) in [6.07, 6.45) is 4.12. The second-order valence-electron chi connectivity index (χ2n) is 7.84. The second-order valence-corrected chi connectivity index (χ2v) is 8.90. The lowest BCUT2D eigenvalue weighted by Gasteiger charge is -2.12. The third kappa shape index (κ3) is 4.07. The first kappa shape index (κ1) is 21.1. The van der Waals surface area contributed by atoms with Gasteiger partial charge in [0, 0.05) is 34.3 Å². The number of thiazole rings is 1. The highest BCUT2D eigenvalue weighted by molar-refractivity contribution is 7.17. The Morgan fingerprint density at radius 1 is 1.12 bits per heavy atom. The Hall–Kier alpha value is -3.72. The third-order valence-electron chi connectivity index (χ3n) is 5.77. The largest absolute Gasteiger partial charge is 0.497 e. The van der Waals surface area contributed by atoms with Gasteiger partial charge in [-0.25, -0.2) is 4.98 Å². The summed E-state index contributed by atoms with van der Waals surface area (Å²) in [5, 5.41) is 11.3. The SMILES string of the molecule is COc1ccc(-c2cc([N+](=O)[O-])ccc2OCc2cc(=O)n3c4c(sc3n2)CCCC4)cc1. The Labute approximate surface area is 193 Å². The monoisotopic (exact) mass is 463 g/mol. The first-order chi connectivity index (χ1) is 16.0. The molecule has 2 heterocycles. The molecule has 0 aliphatic heterocycles. The maximum Gasteiger partial charge on any atom is 0.270 e. The van der Waals surface area contributed by atoms with Gasteiger partial charge in [-0.05, 0) is 49.4 Å². The number of rotatable bonds is 6. The summed E-state index contributed by atoms with van der Waals surface area (Å²) in [6, 6.07) is 13.2. The number of methoxy groups -OCH3 is 1. The number of nitro benzene ring substituents is 1. The number of nitro groups is 1. The van der Waals surface area contributed by atoms with E-state index in [2.05, 4.69) is 4.98 Å². The average molecular weight is 464 g/mol. The van der Waals surface area contributed by atoms with E-state index in [4.69, 9.17) is 9.47 Å². The van der Waals surface area contributed by atoms with Crippen molar-refractivity contribution < 1.29 is 14.4 Å². The highest BCUT2D eigenvalue weighted by Gasteiger charge is 2.19. The van der Waals surface area contributed by atoms with Gasteiger partial charge in [0.25, 0.3) is 11.2 Å². The summed E-state index contributed by atoms with van der Waals surface area (Å²) >= 11 is 1.57. The van der Waals surface area contributed by atoms with Gasteiger partial charge in [0.2, 0.25) is 0 Å². The normalized spacial score (nSPS) is 13.0. The Bertz CT molecular complexity index is 1410. The van der Waals surface area contributed by atoms with Crippen LogP contribution in [0.2, 0.25) is 0 Å². The van der Waals surface area contributed by atoms with Crippen LogP contribution in [0.15, 0.2) is 53.3 Å². The summed E-state index contributed by atoms with van der Waals surface area (Å²) in [5.74, 6) is 1.15. The van der Waals surface area contributed by atoms with Crippen LogP contribution in [0, 0.1) is 10.1 Å². The van der Waals surface area contributed by atoms with Gasteiger partial charge in [-0.1, -0.05) is 12.1 Å². The number of aromatic nitrogens is 2. The number of hydrogen-bond donors (Lipinski definition) is 0. The molecule has 0 bridgehead atoms.